The lowest BCUT2D eigenvalue weighted by Gasteiger charge is -2.31. The van der Waals surface area contributed by atoms with E-state index in [0.717, 1.165) is 25.6 Å². The Bertz CT molecular complexity index is 523. The van der Waals surface area contributed by atoms with Gasteiger partial charge in [0.25, 0.3) is 0 Å². The molecule has 120 valence electrons. The van der Waals surface area contributed by atoms with Crippen LogP contribution in [0.15, 0.2) is 0 Å². The number of nitrogens with one attached hydrogen (secondary N) is 1. The molecule has 20 heavy (non-hydrogen) atoms. The van der Waals surface area contributed by atoms with Crippen LogP contribution in [0.2, 0.25) is 0 Å². The summed E-state index contributed by atoms with van der Waals surface area (Å²) in [5.41, 5.74) is -0.0714. The zero-order valence-corrected chi connectivity index (χ0v) is 14.5. The highest BCUT2D eigenvalue weighted by Gasteiger charge is 2.47. The van der Waals surface area contributed by atoms with Gasteiger partial charge in [-0.05, 0) is 31.2 Å². The van der Waals surface area contributed by atoms with Gasteiger partial charge in [-0.1, -0.05) is 20.8 Å². The molecular formula is C13H27NO4S2. The normalized spacial score (nSPS) is 26.8. The fourth-order valence-electron chi connectivity index (χ4n) is 2.85. The quantitative estimate of drug-likeness (QED) is 0.755. The van der Waals surface area contributed by atoms with Crippen LogP contribution in [0.4, 0.5) is 0 Å². The van der Waals surface area contributed by atoms with E-state index in [0.29, 0.717) is 6.42 Å². The highest BCUT2D eigenvalue weighted by atomic mass is 32.2. The summed E-state index contributed by atoms with van der Waals surface area (Å²) in [7, 11) is -6.64. The third kappa shape index (κ3) is 4.70. The summed E-state index contributed by atoms with van der Waals surface area (Å²) >= 11 is 0. The van der Waals surface area contributed by atoms with Gasteiger partial charge in [-0.3, -0.25) is 0 Å². The van der Waals surface area contributed by atoms with E-state index in [-0.39, 0.29) is 23.0 Å². The van der Waals surface area contributed by atoms with Gasteiger partial charge >= 0.3 is 0 Å². The molecule has 0 aromatic heterocycles. The Labute approximate surface area is 123 Å². The van der Waals surface area contributed by atoms with Crippen molar-refractivity contribution in [3.05, 3.63) is 0 Å². The van der Waals surface area contributed by atoms with E-state index in [9.17, 15) is 16.8 Å². The van der Waals surface area contributed by atoms with Crippen molar-refractivity contribution in [1.82, 2.24) is 5.32 Å². The average Bonchev–Trinajstić information content (AvgIpc) is 2.59. The monoisotopic (exact) mass is 325 g/mol. The maximum Gasteiger partial charge on any atom is 0.155 e. The van der Waals surface area contributed by atoms with Crippen LogP contribution in [0.25, 0.3) is 0 Å². The molecule has 0 heterocycles. The first-order valence-corrected chi connectivity index (χ1v) is 10.9. The van der Waals surface area contributed by atoms with E-state index >= 15 is 0 Å². The second kappa shape index (κ2) is 6.32. The zero-order chi connectivity index (χ0) is 15.6. The van der Waals surface area contributed by atoms with Gasteiger partial charge in [0.05, 0.1) is 16.8 Å². The van der Waals surface area contributed by atoms with E-state index in [2.05, 4.69) is 19.2 Å². The van der Waals surface area contributed by atoms with Gasteiger partial charge in [0.2, 0.25) is 0 Å². The molecule has 0 radical (unpaired) electrons. The molecule has 0 saturated heterocycles. The zero-order valence-electron chi connectivity index (χ0n) is 12.8. The van der Waals surface area contributed by atoms with Crippen molar-refractivity contribution in [2.45, 2.75) is 51.3 Å². The molecule has 7 heteroatoms. The Hall–Kier alpha value is -0.140. The molecule has 0 bridgehead atoms. The summed E-state index contributed by atoms with van der Waals surface area (Å²) < 4.78 is 47.3. The molecule has 1 N–H and O–H groups in total. The lowest BCUT2D eigenvalue weighted by atomic mass is 9.87. The van der Waals surface area contributed by atoms with E-state index in [1.165, 1.54) is 0 Å². The maximum atomic E-state index is 12.4. The standard InChI is InChI=1S/C13H27NO4S2/c1-5-8-14-12-11(6-7-13(12,2)3)20(17,18)10-9-19(4,15)16/h11-12,14H,5-10H2,1-4H3. The number of sulfone groups is 2. The van der Waals surface area contributed by atoms with Gasteiger partial charge < -0.3 is 5.32 Å². The largest absolute Gasteiger partial charge is 0.312 e. The molecular weight excluding hydrogens is 298 g/mol. The Morgan fingerprint density at radius 1 is 1.15 bits per heavy atom. The van der Waals surface area contributed by atoms with Crippen LogP contribution >= 0.6 is 0 Å². The van der Waals surface area contributed by atoms with Gasteiger partial charge in [-0.2, -0.15) is 0 Å². The minimum atomic E-state index is -3.39. The summed E-state index contributed by atoms with van der Waals surface area (Å²) in [5, 5.41) is 2.88. The number of hydrogen-bond acceptors (Lipinski definition) is 5. The van der Waals surface area contributed by atoms with Crippen LogP contribution < -0.4 is 5.32 Å². The molecule has 0 aliphatic heterocycles. The maximum absolute atomic E-state index is 12.4. The predicted octanol–water partition coefficient (Wildman–Crippen LogP) is 1.00. The van der Waals surface area contributed by atoms with Gasteiger partial charge in [0.15, 0.2) is 9.84 Å². The van der Waals surface area contributed by atoms with Crippen molar-refractivity contribution in [3.63, 3.8) is 0 Å². The predicted molar refractivity (Wildman–Crippen MR) is 82.4 cm³/mol. The third-order valence-electron chi connectivity index (χ3n) is 4.10. The molecule has 1 aliphatic rings. The van der Waals surface area contributed by atoms with Crippen LogP contribution in [0.3, 0.4) is 0 Å². The van der Waals surface area contributed by atoms with Crippen LogP contribution in [0.5, 0.6) is 0 Å². The molecule has 1 fully saturated rings. The topological polar surface area (TPSA) is 80.3 Å². The van der Waals surface area contributed by atoms with E-state index in [4.69, 9.17) is 0 Å². The summed E-state index contributed by atoms with van der Waals surface area (Å²) in [4.78, 5) is 0. The van der Waals surface area contributed by atoms with Crippen LogP contribution in [0, 0.1) is 5.41 Å². The third-order valence-corrected chi connectivity index (χ3v) is 7.51. The SMILES string of the molecule is CCCNC1C(S(=O)(=O)CCS(C)(=O)=O)CCC1(C)C. The highest BCUT2D eigenvalue weighted by Crippen LogP contribution is 2.40. The minimum absolute atomic E-state index is 0.0714. The Morgan fingerprint density at radius 2 is 1.75 bits per heavy atom. The summed E-state index contributed by atoms with van der Waals surface area (Å²) in [6.07, 6.45) is 3.48. The Balaban J connectivity index is 2.87. The minimum Gasteiger partial charge on any atom is -0.312 e. The van der Waals surface area contributed by atoms with Crippen molar-refractivity contribution in [1.29, 1.82) is 0 Å². The van der Waals surface area contributed by atoms with Crippen molar-refractivity contribution < 1.29 is 16.8 Å². The fourth-order valence-corrected chi connectivity index (χ4v) is 6.65. The first kappa shape index (κ1) is 17.9. The van der Waals surface area contributed by atoms with Crippen molar-refractivity contribution >= 4 is 19.7 Å². The molecule has 0 aromatic carbocycles. The van der Waals surface area contributed by atoms with E-state index in [1.54, 1.807) is 0 Å². The second-order valence-corrected chi connectivity index (χ2v) is 11.1. The summed E-state index contributed by atoms with van der Waals surface area (Å²) in [6.45, 7) is 6.98. The number of hydrogen-bond donors (Lipinski definition) is 1. The molecule has 2 unspecified atom stereocenters. The van der Waals surface area contributed by atoms with Crippen LogP contribution in [-0.2, 0) is 19.7 Å². The van der Waals surface area contributed by atoms with Crippen LogP contribution in [-0.4, -0.2) is 52.4 Å². The molecule has 1 rings (SSSR count). The molecule has 0 amide bonds. The van der Waals surface area contributed by atoms with Gasteiger partial charge in [0, 0.05) is 12.3 Å². The fraction of sp³-hybridized carbons (Fsp3) is 1.00. The van der Waals surface area contributed by atoms with Crippen molar-refractivity contribution in [2.75, 3.05) is 24.3 Å². The average molecular weight is 325 g/mol. The lowest BCUT2D eigenvalue weighted by molar-refractivity contribution is 0.285. The molecule has 2 atom stereocenters. The second-order valence-electron chi connectivity index (χ2n) is 6.49. The lowest BCUT2D eigenvalue weighted by Crippen LogP contribution is -2.48. The van der Waals surface area contributed by atoms with Gasteiger partial charge in [0.1, 0.15) is 9.84 Å². The summed E-state index contributed by atoms with van der Waals surface area (Å²) in [5.74, 6) is -0.552. The highest BCUT2D eigenvalue weighted by molar-refractivity contribution is 7.95. The van der Waals surface area contributed by atoms with Gasteiger partial charge in [-0.25, -0.2) is 16.8 Å². The van der Waals surface area contributed by atoms with Crippen LogP contribution in [0.1, 0.15) is 40.0 Å². The van der Waals surface area contributed by atoms with Gasteiger partial charge in [-0.15, -0.1) is 0 Å². The van der Waals surface area contributed by atoms with Crippen molar-refractivity contribution in [3.8, 4) is 0 Å². The van der Waals surface area contributed by atoms with Crippen molar-refractivity contribution in [2.24, 2.45) is 5.41 Å². The smallest absolute Gasteiger partial charge is 0.155 e. The van der Waals surface area contributed by atoms with E-state index < -0.39 is 24.9 Å². The molecule has 0 spiro atoms. The molecule has 1 aliphatic carbocycles. The Kier molecular flexibility index (Phi) is 5.66. The Morgan fingerprint density at radius 3 is 2.25 bits per heavy atom. The molecule has 5 nitrogen and oxygen atoms in total. The molecule has 0 aromatic rings. The first-order chi connectivity index (χ1) is 8.99. The molecule has 1 saturated carbocycles. The number of rotatable bonds is 7. The van der Waals surface area contributed by atoms with E-state index in [1.807, 2.05) is 6.92 Å². The first-order valence-electron chi connectivity index (χ1n) is 7.12. The summed E-state index contributed by atoms with van der Waals surface area (Å²) in [6, 6.07) is -0.0907.